The maximum Gasteiger partial charge on any atom is 0.328 e. The maximum absolute atomic E-state index is 13.2. The number of carboxylic acid groups (broad SMARTS) is 1. The second kappa shape index (κ2) is 17.2. The molecule has 206 valence electrons. The lowest BCUT2D eigenvalue weighted by molar-refractivity contribution is -0.143. The number of carboxylic acids is 1. The number of hydrogen-bond acceptors (Lipinski definition) is 8. The quantitative estimate of drug-likeness (QED) is 0.0609. The lowest BCUT2D eigenvalue weighted by atomic mass is 10.0. The van der Waals surface area contributed by atoms with Crippen LogP contribution in [-0.4, -0.2) is 89.2 Å². The van der Waals surface area contributed by atoms with Crippen LogP contribution in [0.15, 0.2) is 35.3 Å². The average molecular weight is 540 g/mol. The minimum absolute atomic E-state index is 0.0592. The van der Waals surface area contributed by atoms with E-state index in [1.807, 2.05) is 6.26 Å². The summed E-state index contributed by atoms with van der Waals surface area (Å²) >= 11 is 1.47. The third kappa shape index (κ3) is 12.4. The van der Waals surface area contributed by atoms with Crippen molar-refractivity contribution in [1.82, 2.24) is 16.0 Å². The average Bonchev–Trinajstić information content (AvgIpc) is 2.86. The summed E-state index contributed by atoms with van der Waals surface area (Å²) < 4.78 is 0. The number of nitrogens with one attached hydrogen (secondary N) is 3. The number of guanidine groups is 1. The van der Waals surface area contributed by atoms with Gasteiger partial charge in [-0.25, -0.2) is 4.79 Å². The van der Waals surface area contributed by atoms with Gasteiger partial charge in [-0.15, -0.1) is 0 Å². The summed E-state index contributed by atoms with van der Waals surface area (Å²) in [5, 5.41) is 25.9. The second-order valence-electron chi connectivity index (χ2n) is 8.23. The van der Waals surface area contributed by atoms with Gasteiger partial charge in [0.15, 0.2) is 5.96 Å². The van der Waals surface area contributed by atoms with Gasteiger partial charge in [0, 0.05) is 13.0 Å². The first-order valence-corrected chi connectivity index (χ1v) is 13.1. The Bertz CT molecular complexity index is 914. The molecule has 1 rings (SSSR count). The molecular weight excluding hydrogens is 502 g/mol. The molecule has 4 unspecified atom stereocenters. The van der Waals surface area contributed by atoms with Crippen molar-refractivity contribution < 1.29 is 29.4 Å². The maximum atomic E-state index is 13.2. The Balaban J connectivity index is 2.97. The van der Waals surface area contributed by atoms with E-state index in [9.17, 15) is 29.4 Å². The number of aliphatic carboxylic acids is 1. The third-order valence-corrected chi connectivity index (χ3v) is 5.90. The SMILES string of the molecule is CSCCC(NC(=O)C(N)CCCN=C(N)N)C(=O)NC(Cc1ccccc1)C(=O)NC(CO)C(=O)O. The number of carbonyl (C=O) groups is 4. The Morgan fingerprint density at radius 1 is 0.946 bits per heavy atom. The Morgan fingerprint density at radius 2 is 1.54 bits per heavy atom. The van der Waals surface area contributed by atoms with Gasteiger partial charge in [-0.05, 0) is 36.8 Å². The second-order valence-corrected chi connectivity index (χ2v) is 9.22. The van der Waals surface area contributed by atoms with E-state index in [1.54, 1.807) is 30.3 Å². The lowest BCUT2D eigenvalue weighted by Gasteiger charge is -2.25. The normalized spacial score (nSPS) is 13.9. The Morgan fingerprint density at radius 3 is 2.11 bits per heavy atom. The van der Waals surface area contributed by atoms with Gasteiger partial charge in [-0.2, -0.15) is 11.8 Å². The molecule has 0 aromatic heterocycles. The largest absolute Gasteiger partial charge is 0.480 e. The zero-order valence-corrected chi connectivity index (χ0v) is 21.6. The number of nitrogens with two attached hydrogens (primary N) is 3. The number of rotatable bonds is 17. The Labute approximate surface area is 220 Å². The van der Waals surface area contributed by atoms with Crippen LogP contribution in [0.2, 0.25) is 0 Å². The van der Waals surface area contributed by atoms with E-state index < -0.39 is 54.5 Å². The van der Waals surface area contributed by atoms with Gasteiger partial charge in [0.1, 0.15) is 18.1 Å². The molecule has 0 spiro atoms. The number of carbonyl (C=O) groups excluding carboxylic acids is 3. The predicted octanol–water partition coefficient (Wildman–Crippen LogP) is -2.11. The van der Waals surface area contributed by atoms with Crippen molar-refractivity contribution in [3.63, 3.8) is 0 Å². The van der Waals surface area contributed by atoms with Crippen LogP contribution in [0, 0.1) is 0 Å². The first-order valence-electron chi connectivity index (χ1n) is 11.7. The fraction of sp³-hybridized carbons (Fsp3) is 0.522. The molecule has 0 aliphatic rings. The molecule has 1 aromatic carbocycles. The summed E-state index contributed by atoms with van der Waals surface area (Å²) in [7, 11) is 0. The third-order valence-electron chi connectivity index (χ3n) is 5.26. The number of thioether (sulfide) groups is 1. The molecule has 37 heavy (non-hydrogen) atoms. The van der Waals surface area contributed by atoms with E-state index in [0.717, 1.165) is 0 Å². The first kappa shape index (κ1) is 31.7. The van der Waals surface area contributed by atoms with E-state index in [-0.39, 0.29) is 25.2 Å². The fourth-order valence-electron chi connectivity index (χ4n) is 3.22. The molecule has 11 N–H and O–H groups in total. The van der Waals surface area contributed by atoms with Crippen molar-refractivity contribution in [2.45, 2.75) is 49.9 Å². The monoisotopic (exact) mass is 539 g/mol. The molecule has 0 fully saturated rings. The van der Waals surface area contributed by atoms with Crippen molar-refractivity contribution in [3.8, 4) is 0 Å². The highest BCUT2D eigenvalue weighted by atomic mass is 32.2. The molecular formula is C23H37N7O6S. The summed E-state index contributed by atoms with van der Waals surface area (Å²) in [6.07, 6.45) is 2.93. The number of nitrogens with zero attached hydrogens (tertiary/aromatic N) is 1. The van der Waals surface area contributed by atoms with Gasteiger partial charge < -0.3 is 43.4 Å². The lowest BCUT2D eigenvalue weighted by Crippen LogP contribution is -2.58. The number of aliphatic hydroxyl groups excluding tert-OH is 1. The highest BCUT2D eigenvalue weighted by Crippen LogP contribution is 2.07. The van der Waals surface area contributed by atoms with E-state index in [2.05, 4.69) is 20.9 Å². The van der Waals surface area contributed by atoms with Gasteiger partial charge in [-0.3, -0.25) is 19.4 Å². The van der Waals surface area contributed by atoms with Crippen LogP contribution in [0.25, 0.3) is 0 Å². The van der Waals surface area contributed by atoms with Crippen LogP contribution in [0.4, 0.5) is 0 Å². The summed E-state index contributed by atoms with van der Waals surface area (Å²) in [6.45, 7) is -0.512. The summed E-state index contributed by atoms with van der Waals surface area (Å²) in [6, 6.07) is 4.23. The van der Waals surface area contributed by atoms with Crippen LogP contribution in [-0.2, 0) is 25.6 Å². The topological polar surface area (TPSA) is 235 Å². The van der Waals surface area contributed by atoms with Gasteiger partial charge in [0.25, 0.3) is 0 Å². The minimum atomic E-state index is -1.54. The van der Waals surface area contributed by atoms with Crippen LogP contribution in [0.1, 0.15) is 24.8 Å². The number of hydrogen-bond donors (Lipinski definition) is 8. The van der Waals surface area contributed by atoms with E-state index in [1.165, 1.54) is 11.8 Å². The number of amides is 3. The standard InChI is InChI=1S/C23H37N7O6S/c1-37-11-9-16(28-19(32)15(24)8-5-10-27-23(25)26)20(33)29-17(12-14-6-3-2-4-7-14)21(34)30-18(13-31)22(35)36/h2-4,6-7,15-18,31H,5,8-13,24H2,1H3,(H,28,32)(H,29,33)(H,30,34)(H,35,36)(H4,25,26,27). The van der Waals surface area contributed by atoms with E-state index in [0.29, 0.717) is 24.3 Å². The van der Waals surface area contributed by atoms with Crippen molar-refractivity contribution in [3.05, 3.63) is 35.9 Å². The summed E-state index contributed by atoms with van der Waals surface area (Å²) in [5.41, 5.74) is 17.2. The highest BCUT2D eigenvalue weighted by Gasteiger charge is 2.30. The van der Waals surface area contributed by atoms with Crippen LogP contribution < -0.4 is 33.2 Å². The Hall–Kier alpha value is -3.36. The zero-order valence-electron chi connectivity index (χ0n) is 20.8. The molecule has 0 saturated heterocycles. The first-order chi connectivity index (χ1) is 17.6. The molecule has 0 radical (unpaired) electrons. The van der Waals surface area contributed by atoms with Crippen molar-refractivity contribution in [1.29, 1.82) is 0 Å². The minimum Gasteiger partial charge on any atom is -0.480 e. The number of benzene rings is 1. The molecule has 1 aromatic rings. The van der Waals surface area contributed by atoms with Gasteiger partial charge >= 0.3 is 5.97 Å². The van der Waals surface area contributed by atoms with Crippen LogP contribution >= 0.6 is 11.8 Å². The Kier molecular flexibility index (Phi) is 14.7. The molecule has 13 nitrogen and oxygen atoms in total. The van der Waals surface area contributed by atoms with E-state index in [4.69, 9.17) is 17.2 Å². The van der Waals surface area contributed by atoms with Crippen LogP contribution in [0.3, 0.4) is 0 Å². The fourth-order valence-corrected chi connectivity index (χ4v) is 3.69. The molecule has 0 saturated carbocycles. The van der Waals surface area contributed by atoms with Gasteiger partial charge in [-0.1, -0.05) is 30.3 Å². The zero-order chi connectivity index (χ0) is 27.8. The predicted molar refractivity (Wildman–Crippen MR) is 142 cm³/mol. The smallest absolute Gasteiger partial charge is 0.328 e. The molecule has 0 heterocycles. The molecule has 0 aliphatic carbocycles. The molecule has 14 heteroatoms. The van der Waals surface area contributed by atoms with E-state index >= 15 is 0 Å². The number of aliphatic hydroxyl groups is 1. The molecule has 4 atom stereocenters. The van der Waals surface area contributed by atoms with Crippen molar-refractivity contribution in [2.24, 2.45) is 22.2 Å². The molecule has 0 bridgehead atoms. The number of aliphatic imine (C=N–C) groups is 1. The molecule has 3 amide bonds. The van der Waals surface area contributed by atoms with Crippen molar-refractivity contribution >= 4 is 41.4 Å². The summed E-state index contributed by atoms with van der Waals surface area (Å²) in [5.74, 6) is -2.89. The van der Waals surface area contributed by atoms with Crippen molar-refractivity contribution in [2.75, 3.05) is 25.2 Å². The highest BCUT2D eigenvalue weighted by molar-refractivity contribution is 7.98. The summed E-state index contributed by atoms with van der Waals surface area (Å²) in [4.78, 5) is 53.8. The van der Waals surface area contributed by atoms with Gasteiger partial charge in [0.2, 0.25) is 17.7 Å². The van der Waals surface area contributed by atoms with Gasteiger partial charge in [0.05, 0.1) is 12.6 Å². The molecule has 0 aliphatic heterocycles. The van der Waals surface area contributed by atoms with Crippen LogP contribution in [0.5, 0.6) is 0 Å².